The Morgan fingerprint density at radius 1 is 1.44 bits per heavy atom. The number of non-ortho nitro benzene ring substituents is 1. The van der Waals surface area contributed by atoms with Gasteiger partial charge in [0.25, 0.3) is 5.69 Å². The van der Waals surface area contributed by atoms with Crippen molar-refractivity contribution in [1.82, 2.24) is 0 Å². The standard InChI is InChI=1S/C12H17NO3/c1-4-7-16-12-6-5-10(13(14)15)8-11(12)9(2)3/h5-6,8-9H,4,7H2,1-3H3. The molecule has 0 fully saturated rings. The van der Waals surface area contributed by atoms with E-state index in [4.69, 9.17) is 4.74 Å². The predicted octanol–water partition coefficient (Wildman–Crippen LogP) is 3.51. The molecule has 1 aromatic rings. The number of rotatable bonds is 5. The fourth-order valence-corrected chi connectivity index (χ4v) is 1.44. The Kier molecular flexibility index (Phi) is 4.28. The molecule has 0 aliphatic carbocycles. The molecule has 0 atom stereocenters. The lowest BCUT2D eigenvalue weighted by Crippen LogP contribution is -2.01. The van der Waals surface area contributed by atoms with E-state index < -0.39 is 0 Å². The molecule has 4 nitrogen and oxygen atoms in total. The Balaban J connectivity index is 3.04. The van der Waals surface area contributed by atoms with E-state index in [1.807, 2.05) is 20.8 Å². The normalized spacial score (nSPS) is 10.5. The second-order valence-electron chi connectivity index (χ2n) is 3.98. The van der Waals surface area contributed by atoms with Crippen molar-refractivity contribution in [3.05, 3.63) is 33.9 Å². The molecule has 4 heteroatoms. The third kappa shape index (κ3) is 2.95. The van der Waals surface area contributed by atoms with Gasteiger partial charge in [-0.05, 0) is 18.4 Å². The van der Waals surface area contributed by atoms with E-state index in [0.717, 1.165) is 17.7 Å². The second-order valence-corrected chi connectivity index (χ2v) is 3.98. The molecule has 0 saturated carbocycles. The van der Waals surface area contributed by atoms with Crippen molar-refractivity contribution in [2.45, 2.75) is 33.1 Å². The molecule has 0 saturated heterocycles. The summed E-state index contributed by atoms with van der Waals surface area (Å²) in [7, 11) is 0. The predicted molar refractivity (Wildman–Crippen MR) is 63.0 cm³/mol. The molecule has 0 N–H and O–H groups in total. The van der Waals surface area contributed by atoms with E-state index in [2.05, 4.69) is 0 Å². The first-order chi connectivity index (χ1) is 7.56. The molecule has 0 aromatic heterocycles. The van der Waals surface area contributed by atoms with Gasteiger partial charge in [0.15, 0.2) is 0 Å². The van der Waals surface area contributed by atoms with Crippen LogP contribution in [0.15, 0.2) is 18.2 Å². The van der Waals surface area contributed by atoms with Crippen molar-refractivity contribution < 1.29 is 9.66 Å². The van der Waals surface area contributed by atoms with Gasteiger partial charge in [0.05, 0.1) is 11.5 Å². The van der Waals surface area contributed by atoms with E-state index >= 15 is 0 Å². The molecule has 0 heterocycles. The Labute approximate surface area is 95.4 Å². The summed E-state index contributed by atoms with van der Waals surface area (Å²) in [6.07, 6.45) is 0.925. The highest BCUT2D eigenvalue weighted by atomic mass is 16.6. The molecular formula is C12H17NO3. The lowest BCUT2D eigenvalue weighted by Gasteiger charge is -2.13. The maximum Gasteiger partial charge on any atom is 0.269 e. The number of hydrogen-bond acceptors (Lipinski definition) is 3. The quantitative estimate of drug-likeness (QED) is 0.567. The molecule has 16 heavy (non-hydrogen) atoms. The topological polar surface area (TPSA) is 52.4 Å². The first-order valence-electron chi connectivity index (χ1n) is 5.47. The second kappa shape index (κ2) is 5.49. The zero-order chi connectivity index (χ0) is 12.1. The molecule has 0 aliphatic rings. The largest absolute Gasteiger partial charge is 0.493 e. The van der Waals surface area contributed by atoms with Crippen LogP contribution in [0, 0.1) is 10.1 Å². The first-order valence-corrected chi connectivity index (χ1v) is 5.47. The molecule has 0 spiro atoms. The molecule has 88 valence electrons. The van der Waals surface area contributed by atoms with Gasteiger partial charge in [-0.15, -0.1) is 0 Å². The Hall–Kier alpha value is -1.58. The van der Waals surface area contributed by atoms with E-state index in [-0.39, 0.29) is 16.5 Å². The number of hydrogen-bond donors (Lipinski definition) is 0. The molecule has 0 aliphatic heterocycles. The highest BCUT2D eigenvalue weighted by Gasteiger charge is 2.13. The third-order valence-corrected chi connectivity index (χ3v) is 2.29. The Morgan fingerprint density at radius 2 is 2.12 bits per heavy atom. The average Bonchev–Trinajstić information content (AvgIpc) is 2.25. The molecule has 1 aromatic carbocycles. The van der Waals surface area contributed by atoms with Crippen LogP contribution in [0.1, 0.15) is 38.7 Å². The van der Waals surface area contributed by atoms with E-state index in [9.17, 15) is 10.1 Å². The highest BCUT2D eigenvalue weighted by Crippen LogP contribution is 2.30. The van der Waals surface area contributed by atoms with Gasteiger partial charge in [0, 0.05) is 17.7 Å². The van der Waals surface area contributed by atoms with Crippen LogP contribution < -0.4 is 4.74 Å². The van der Waals surface area contributed by atoms with Gasteiger partial charge in [0.1, 0.15) is 5.75 Å². The molecule has 0 radical (unpaired) electrons. The van der Waals surface area contributed by atoms with Gasteiger partial charge in [-0.3, -0.25) is 10.1 Å². The van der Waals surface area contributed by atoms with Crippen LogP contribution >= 0.6 is 0 Å². The fourth-order valence-electron chi connectivity index (χ4n) is 1.44. The van der Waals surface area contributed by atoms with Gasteiger partial charge in [0.2, 0.25) is 0 Å². The van der Waals surface area contributed by atoms with Crippen molar-refractivity contribution in [2.24, 2.45) is 0 Å². The monoisotopic (exact) mass is 223 g/mol. The summed E-state index contributed by atoms with van der Waals surface area (Å²) in [5.41, 5.74) is 1.01. The Morgan fingerprint density at radius 3 is 2.62 bits per heavy atom. The molecule has 0 amide bonds. The van der Waals surface area contributed by atoms with Crippen molar-refractivity contribution in [3.63, 3.8) is 0 Å². The lowest BCUT2D eigenvalue weighted by molar-refractivity contribution is -0.385. The van der Waals surface area contributed by atoms with Crippen molar-refractivity contribution in [2.75, 3.05) is 6.61 Å². The summed E-state index contributed by atoms with van der Waals surface area (Å²) in [5.74, 6) is 0.967. The highest BCUT2D eigenvalue weighted by molar-refractivity contribution is 5.45. The zero-order valence-corrected chi connectivity index (χ0v) is 9.90. The van der Waals surface area contributed by atoms with Gasteiger partial charge in [-0.2, -0.15) is 0 Å². The van der Waals surface area contributed by atoms with Crippen LogP contribution in [0.4, 0.5) is 5.69 Å². The minimum absolute atomic E-state index is 0.118. The zero-order valence-electron chi connectivity index (χ0n) is 9.90. The summed E-state index contributed by atoms with van der Waals surface area (Å²) in [4.78, 5) is 10.3. The van der Waals surface area contributed by atoms with E-state index in [1.165, 1.54) is 6.07 Å². The SMILES string of the molecule is CCCOc1ccc([N+](=O)[O-])cc1C(C)C. The van der Waals surface area contributed by atoms with Crippen LogP contribution in [0.2, 0.25) is 0 Å². The minimum atomic E-state index is -0.379. The average molecular weight is 223 g/mol. The maximum atomic E-state index is 10.7. The van der Waals surface area contributed by atoms with Crippen LogP contribution in [0.3, 0.4) is 0 Å². The van der Waals surface area contributed by atoms with Gasteiger partial charge < -0.3 is 4.74 Å². The summed E-state index contributed by atoms with van der Waals surface area (Å²) in [6, 6.07) is 4.76. The van der Waals surface area contributed by atoms with Crippen LogP contribution in [0.5, 0.6) is 5.75 Å². The summed E-state index contributed by atoms with van der Waals surface area (Å²) in [5, 5.41) is 10.7. The van der Waals surface area contributed by atoms with Crippen LogP contribution in [-0.4, -0.2) is 11.5 Å². The molecular weight excluding hydrogens is 206 g/mol. The number of ether oxygens (including phenoxy) is 1. The number of nitro benzene ring substituents is 1. The third-order valence-electron chi connectivity index (χ3n) is 2.29. The number of benzene rings is 1. The minimum Gasteiger partial charge on any atom is -0.493 e. The summed E-state index contributed by atoms with van der Waals surface area (Å²) < 4.78 is 5.56. The fraction of sp³-hybridized carbons (Fsp3) is 0.500. The van der Waals surface area contributed by atoms with Gasteiger partial charge in [-0.1, -0.05) is 20.8 Å². The molecule has 1 rings (SSSR count). The lowest BCUT2D eigenvalue weighted by atomic mass is 10.0. The number of nitro groups is 1. The van der Waals surface area contributed by atoms with Crippen LogP contribution in [0.25, 0.3) is 0 Å². The van der Waals surface area contributed by atoms with Crippen molar-refractivity contribution >= 4 is 5.69 Å². The van der Waals surface area contributed by atoms with Gasteiger partial charge >= 0.3 is 0 Å². The maximum absolute atomic E-state index is 10.7. The Bertz CT molecular complexity index is 375. The van der Waals surface area contributed by atoms with Crippen LogP contribution in [-0.2, 0) is 0 Å². The van der Waals surface area contributed by atoms with E-state index in [0.29, 0.717) is 6.61 Å². The smallest absolute Gasteiger partial charge is 0.269 e. The summed E-state index contributed by atoms with van der Waals surface area (Å²) >= 11 is 0. The van der Waals surface area contributed by atoms with Crippen molar-refractivity contribution in [1.29, 1.82) is 0 Å². The van der Waals surface area contributed by atoms with Crippen molar-refractivity contribution in [3.8, 4) is 5.75 Å². The molecule has 0 bridgehead atoms. The van der Waals surface area contributed by atoms with Gasteiger partial charge in [-0.25, -0.2) is 0 Å². The number of nitrogens with zero attached hydrogens (tertiary/aromatic N) is 1. The van der Waals surface area contributed by atoms with E-state index in [1.54, 1.807) is 12.1 Å². The molecule has 0 unspecified atom stereocenters. The first kappa shape index (κ1) is 12.5. The summed E-state index contributed by atoms with van der Waals surface area (Å²) in [6.45, 7) is 6.66.